The Morgan fingerprint density at radius 1 is 1.22 bits per heavy atom. The van der Waals surface area contributed by atoms with Gasteiger partial charge in [-0.25, -0.2) is 9.67 Å². The Morgan fingerprint density at radius 3 is 2.83 bits per heavy atom. The van der Waals surface area contributed by atoms with Gasteiger partial charge in [-0.1, -0.05) is 12.1 Å². The highest BCUT2D eigenvalue weighted by molar-refractivity contribution is 5.66. The van der Waals surface area contributed by atoms with Crippen LogP contribution >= 0.6 is 0 Å². The number of aryl methyl sites for hydroxylation is 1. The molecule has 2 aromatic heterocycles. The molecule has 0 aliphatic carbocycles. The summed E-state index contributed by atoms with van der Waals surface area (Å²) in [6, 6.07) is 7.74. The number of hydrogen-bond donors (Lipinski definition) is 1. The summed E-state index contributed by atoms with van der Waals surface area (Å²) in [5.74, 6) is 0.783. The summed E-state index contributed by atoms with van der Waals surface area (Å²) in [4.78, 5) is 4.25. The van der Waals surface area contributed by atoms with Crippen LogP contribution < -0.4 is 5.73 Å². The Bertz CT molecular complexity index is 680. The molecule has 3 rings (SSSR count). The van der Waals surface area contributed by atoms with Gasteiger partial charge in [-0.2, -0.15) is 5.10 Å². The molecule has 0 spiro atoms. The average Bonchev–Trinajstić information content (AvgIpc) is 2.97. The topological polar surface area (TPSA) is 61.7 Å². The molecule has 0 radical (unpaired) electrons. The monoisotopic (exact) mass is 239 g/mol. The first-order valence-electron chi connectivity index (χ1n) is 5.62. The Morgan fingerprint density at radius 2 is 2.11 bits per heavy atom. The second-order valence-electron chi connectivity index (χ2n) is 4.14. The molecule has 0 unspecified atom stereocenters. The van der Waals surface area contributed by atoms with Crippen molar-refractivity contribution in [2.24, 2.45) is 7.05 Å². The summed E-state index contributed by atoms with van der Waals surface area (Å²) in [7, 11) is 1.93. The lowest BCUT2D eigenvalue weighted by Gasteiger charge is -2.00. The van der Waals surface area contributed by atoms with Crippen molar-refractivity contribution in [3.63, 3.8) is 0 Å². The number of rotatable bonds is 2. The minimum absolute atomic E-state index is 0.747. The average molecular weight is 239 g/mol. The minimum Gasteiger partial charge on any atom is -0.399 e. The van der Waals surface area contributed by atoms with Gasteiger partial charge in [-0.15, -0.1) is 0 Å². The van der Waals surface area contributed by atoms with E-state index in [4.69, 9.17) is 5.73 Å². The normalized spacial score (nSPS) is 10.7. The maximum absolute atomic E-state index is 5.78. The van der Waals surface area contributed by atoms with E-state index in [1.165, 1.54) is 0 Å². The summed E-state index contributed by atoms with van der Waals surface area (Å²) >= 11 is 0. The highest BCUT2D eigenvalue weighted by atomic mass is 15.4. The van der Waals surface area contributed by atoms with Crippen molar-refractivity contribution in [2.75, 3.05) is 5.73 Å². The third-order valence-electron chi connectivity index (χ3n) is 2.80. The molecule has 5 heteroatoms. The molecule has 0 fully saturated rings. The molecule has 0 amide bonds. The van der Waals surface area contributed by atoms with Crippen LogP contribution in [0.25, 0.3) is 17.1 Å². The molecule has 0 saturated heterocycles. The van der Waals surface area contributed by atoms with Crippen molar-refractivity contribution in [1.82, 2.24) is 19.3 Å². The van der Waals surface area contributed by atoms with Crippen LogP contribution in [0, 0.1) is 0 Å². The third-order valence-corrected chi connectivity index (χ3v) is 2.80. The summed E-state index contributed by atoms with van der Waals surface area (Å²) < 4.78 is 3.66. The van der Waals surface area contributed by atoms with E-state index >= 15 is 0 Å². The number of aromatic nitrogens is 4. The fourth-order valence-corrected chi connectivity index (χ4v) is 1.88. The van der Waals surface area contributed by atoms with Gasteiger partial charge in [-0.05, 0) is 17.7 Å². The number of nitrogen functional groups attached to an aromatic ring is 1. The maximum atomic E-state index is 5.78. The van der Waals surface area contributed by atoms with Crippen molar-refractivity contribution in [3.8, 4) is 17.1 Å². The molecule has 2 heterocycles. The van der Waals surface area contributed by atoms with Crippen molar-refractivity contribution in [3.05, 3.63) is 49.1 Å². The zero-order chi connectivity index (χ0) is 12.5. The van der Waals surface area contributed by atoms with E-state index in [0.717, 1.165) is 22.8 Å². The van der Waals surface area contributed by atoms with E-state index < -0.39 is 0 Å². The molecule has 0 atom stereocenters. The number of hydrogen-bond acceptors (Lipinski definition) is 3. The van der Waals surface area contributed by atoms with Gasteiger partial charge in [0.15, 0.2) is 0 Å². The molecule has 0 bridgehead atoms. The van der Waals surface area contributed by atoms with Crippen LogP contribution in [0.4, 0.5) is 5.69 Å². The van der Waals surface area contributed by atoms with Crippen molar-refractivity contribution >= 4 is 5.69 Å². The van der Waals surface area contributed by atoms with Crippen LogP contribution in [0.2, 0.25) is 0 Å². The molecule has 18 heavy (non-hydrogen) atoms. The Kier molecular flexibility index (Phi) is 2.37. The lowest BCUT2D eigenvalue weighted by atomic mass is 10.1. The standard InChI is InChI=1S/C13H13N5/c1-17-6-5-15-13(17)18-9-11(8-16-18)10-3-2-4-12(14)7-10/h2-9H,14H2,1H3. The fourth-order valence-electron chi connectivity index (χ4n) is 1.88. The van der Waals surface area contributed by atoms with Crippen LogP contribution in [-0.2, 0) is 7.05 Å². The predicted octanol–water partition coefficient (Wildman–Crippen LogP) is 1.85. The van der Waals surface area contributed by atoms with E-state index in [9.17, 15) is 0 Å². The molecule has 0 saturated carbocycles. The van der Waals surface area contributed by atoms with Crippen molar-refractivity contribution in [1.29, 1.82) is 0 Å². The van der Waals surface area contributed by atoms with Gasteiger partial charge in [0.25, 0.3) is 0 Å². The summed E-state index contributed by atoms with van der Waals surface area (Å²) in [5, 5.41) is 4.32. The molecular weight excluding hydrogens is 226 g/mol. The smallest absolute Gasteiger partial charge is 0.230 e. The number of benzene rings is 1. The lowest BCUT2D eigenvalue weighted by molar-refractivity contribution is 0.750. The largest absolute Gasteiger partial charge is 0.399 e. The lowest BCUT2D eigenvalue weighted by Crippen LogP contribution is -2.02. The Labute approximate surface area is 104 Å². The molecule has 0 aliphatic rings. The number of imidazole rings is 1. The second kappa shape index (κ2) is 4.03. The number of nitrogens with zero attached hydrogens (tertiary/aromatic N) is 4. The van der Waals surface area contributed by atoms with E-state index in [2.05, 4.69) is 10.1 Å². The third kappa shape index (κ3) is 1.75. The molecule has 3 aromatic rings. The van der Waals surface area contributed by atoms with E-state index in [0.29, 0.717) is 0 Å². The van der Waals surface area contributed by atoms with E-state index in [1.807, 2.05) is 54.5 Å². The second-order valence-corrected chi connectivity index (χ2v) is 4.14. The molecule has 0 aliphatic heterocycles. The van der Waals surface area contributed by atoms with Gasteiger partial charge in [0.2, 0.25) is 5.95 Å². The van der Waals surface area contributed by atoms with Gasteiger partial charge in [0, 0.05) is 36.9 Å². The Hall–Kier alpha value is -2.56. The first-order valence-corrected chi connectivity index (χ1v) is 5.62. The maximum Gasteiger partial charge on any atom is 0.230 e. The molecule has 5 nitrogen and oxygen atoms in total. The quantitative estimate of drug-likeness (QED) is 0.694. The highest BCUT2D eigenvalue weighted by Gasteiger charge is 2.06. The van der Waals surface area contributed by atoms with Crippen LogP contribution in [-0.4, -0.2) is 19.3 Å². The van der Waals surface area contributed by atoms with Crippen LogP contribution in [0.3, 0.4) is 0 Å². The molecular formula is C13H13N5. The summed E-state index contributed by atoms with van der Waals surface area (Å²) in [6.45, 7) is 0. The summed E-state index contributed by atoms with van der Waals surface area (Å²) in [6.07, 6.45) is 7.38. The highest BCUT2D eigenvalue weighted by Crippen LogP contribution is 2.21. The molecule has 2 N–H and O–H groups in total. The SMILES string of the molecule is Cn1ccnc1-n1cc(-c2cccc(N)c2)cn1. The Balaban J connectivity index is 2.02. The first kappa shape index (κ1) is 10.6. The van der Waals surface area contributed by atoms with Gasteiger partial charge >= 0.3 is 0 Å². The van der Waals surface area contributed by atoms with Crippen LogP contribution in [0.5, 0.6) is 0 Å². The molecule has 90 valence electrons. The predicted molar refractivity (Wildman–Crippen MR) is 70.2 cm³/mol. The minimum atomic E-state index is 0.747. The van der Waals surface area contributed by atoms with Gasteiger partial charge < -0.3 is 10.3 Å². The first-order chi connectivity index (χ1) is 8.74. The number of nitrogens with two attached hydrogens (primary N) is 1. The zero-order valence-electron chi connectivity index (χ0n) is 9.99. The van der Waals surface area contributed by atoms with E-state index in [-0.39, 0.29) is 0 Å². The number of anilines is 1. The van der Waals surface area contributed by atoms with E-state index in [1.54, 1.807) is 10.9 Å². The zero-order valence-corrected chi connectivity index (χ0v) is 9.99. The van der Waals surface area contributed by atoms with Gasteiger partial charge in [0.05, 0.1) is 6.20 Å². The van der Waals surface area contributed by atoms with Crippen LogP contribution in [0.1, 0.15) is 0 Å². The van der Waals surface area contributed by atoms with Crippen molar-refractivity contribution < 1.29 is 0 Å². The fraction of sp³-hybridized carbons (Fsp3) is 0.0769. The van der Waals surface area contributed by atoms with Crippen molar-refractivity contribution in [2.45, 2.75) is 0 Å². The summed E-state index contributed by atoms with van der Waals surface area (Å²) in [5.41, 5.74) is 8.60. The molecule has 1 aromatic carbocycles. The van der Waals surface area contributed by atoms with Crippen LogP contribution in [0.15, 0.2) is 49.1 Å². The van der Waals surface area contributed by atoms with Gasteiger partial charge in [0.1, 0.15) is 0 Å². The van der Waals surface area contributed by atoms with Gasteiger partial charge in [-0.3, -0.25) is 0 Å².